The molecule has 0 unspecified atom stereocenters. The van der Waals surface area contributed by atoms with Crippen LogP contribution in [0.1, 0.15) is 16.1 Å². The van der Waals surface area contributed by atoms with Crippen LogP contribution in [-0.2, 0) is 6.54 Å². The monoisotopic (exact) mass is 309 g/mol. The third kappa shape index (κ3) is 3.55. The highest BCUT2D eigenvalue weighted by atomic mass is 16.5. The minimum Gasteiger partial charge on any atom is -0.497 e. The zero-order valence-corrected chi connectivity index (χ0v) is 12.5. The van der Waals surface area contributed by atoms with Gasteiger partial charge in [0.05, 0.1) is 7.11 Å². The van der Waals surface area contributed by atoms with Gasteiger partial charge in [-0.1, -0.05) is 23.4 Å². The molecule has 0 bridgehead atoms. The van der Waals surface area contributed by atoms with E-state index >= 15 is 0 Å². The van der Waals surface area contributed by atoms with Crippen LogP contribution in [0.5, 0.6) is 5.75 Å². The number of ether oxygens (including phenoxy) is 1. The maximum absolute atomic E-state index is 12.1. The van der Waals surface area contributed by atoms with Crippen LogP contribution in [0.4, 0.5) is 0 Å². The summed E-state index contributed by atoms with van der Waals surface area (Å²) in [6, 6.07) is 12.7. The van der Waals surface area contributed by atoms with E-state index in [2.05, 4.69) is 15.5 Å². The topological polar surface area (TPSA) is 77.2 Å². The van der Waals surface area contributed by atoms with Crippen molar-refractivity contribution in [1.82, 2.24) is 15.5 Å². The molecule has 6 heteroatoms. The van der Waals surface area contributed by atoms with Gasteiger partial charge in [0.2, 0.25) is 0 Å². The summed E-state index contributed by atoms with van der Waals surface area (Å²) in [6.45, 7) is 0.383. The maximum Gasteiger partial charge on any atom is 0.273 e. The smallest absolute Gasteiger partial charge is 0.273 e. The molecule has 1 amide bonds. The van der Waals surface area contributed by atoms with Crippen LogP contribution in [0.3, 0.4) is 0 Å². The van der Waals surface area contributed by atoms with Gasteiger partial charge in [-0.05, 0) is 23.8 Å². The molecule has 116 valence electrons. The number of nitrogens with zero attached hydrogens (tertiary/aromatic N) is 2. The van der Waals surface area contributed by atoms with Crippen molar-refractivity contribution in [2.24, 2.45) is 0 Å². The van der Waals surface area contributed by atoms with Crippen molar-refractivity contribution in [2.75, 3.05) is 7.11 Å². The molecule has 0 saturated heterocycles. The van der Waals surface area contributed by atoms with Crippen molar-refractivity contribution in [2.45, 2.75) is 6.54 Å². The molecule has 0 aliphatic heterocycles. The second-order valence-corrected chi connectivity index (χ2v) is 4.85. The zero-order chi connectivity index (χ0) is 16.1. The Morgan fingerprint density at radius 1 is 1.26 bits per heavy atom. The van der Waals surface area contributed by atoms with Gasteiger partial charge in [0.1, 0.15) is 5.75 Å². The summed E-state index contributed by atoms with van der Waals surface area (Å²) in [7, 11) is 1.59. The van der Waals surface area contributed by atoms with Crippen LogP contribution in [0.25, 0.3) is 11.3 Å². The second-order valence-electron chi connectivity index (χ2n) is 4.85. The lowest BCUT2D eigenvalue weighted by atomic mass is 10.1. The average molecular weight is 309 g/mol. The SMILES string of the molecule is COc1cccc(-c2cc(C(=O)NCc3cccnc3)no2)c1. The summed E-state index contributed by atoms with van der Waals surface area (Å²) in [6.07, 6.45) is 3.38. The molecule has 0 fully saturated rings. The number of methoxy groups -OCH3 is 1. The highest BCUT2D eigenvalue weighted by molar-refractivity contribution is 5.93. The van der Waals surface area contributed by atoms with E-state index in [0.717, 1.165) is 11.1 Å². The van der Waals surface area contributed by atoms with Crippen molar-refractivity contribution >= 4 is 5.91 Å². The van der Waals surface area contributed by atoms with Crippen LogP contribution in [-0.4, -0.2) is 23.2 Å². The van der Waals surface area contributed by atoms with Crippen LogP contribution >= 0.6 is 0 Å². The van der Waals surface area contributed by atoms with Crippen LogP contribution in [0.15, 0.2) is 59.4 Å². The Labute approximate surface area is 133 Å². The molecule has 3 aromatic rings. The fourth-order valence-electron chi connectivity index (χ4n) is 2.07. The molecule has 0 atom stereocenters. The molecular weight excluding hydrogens is 294 g/mol. The van der Waals surface area contributed by atoms with Crippen LogP contribution in [0.2, 0.25) is 0 Å². The zero-order valence-electron chi connectivity index (χ0n) is 12.5. The summed E-state index contributed by atoms with van der Waals surface area (Å²) in [5.74, 6) is 0.920. The Morgan fingerprint density at radius 2 is 2.17 bits per heavy atom. The largest absolute Gasteiger partial charge is 0.497 e. The van der Waals surface area contributed by atoms with E-state index in [4.69, 9.17) is 9.26 Å². The predicted octanol–water partition coefficient (Wildman–Crippen LogP) is 2.68. The Morgan fingerprint density at radius 3 is 2.96 bits per heavy atom. The molecule has 0 radical (unpaired) electrons. The first-order valence-corrected chi connectivity index (χ1v) is 7.04. The number of hydrogen-bond donors (Lipinski definition) is 1. The molecule has 0 aliphatic rings. The van der Waals surface area contributed by atoms with Gasteiger partial charge < -0.3 is 14.6 Å². The first-order chi connectivity index (χ1) is 11.3. The van der Waals surface area contributed by atoms with Crippen molar-refractivity contribution < 1.29 is 14.1 Å². The first-order valence-electron chi connectivity index (χ1n) is 7.04. The first kappa shape index (κ1) is 14.8. The van der Waals surface area contributed by atoms with Gasteiger partial charge >= 0.3 is 0 Å². The van der Waals surface area contributed by atoms with Crippen molar-refractivity contribution in [3.63, 3.8) is 0 Å². The molecule has 1 N–H and O–H groups in total. The predicted molar refractivity (Wildman–Crippen MR) is 83.9 cm³/mol. The lowest BCUT2D eigenvalue weighted by molar-refractivity contribution is 0.0942. The van der Waals surface area contributed by atoms with Crippen molar-refractivity contribution in [3.05, 3.63) is 66.1 Å². The standard InChI is InChI=1S/C17H15N3O3/c1-22-14-6-2-5-13(8-14)16-9-15(20-23-16)17(21)19-11-12-4-3-7-18-10-12/h2-10H,11H2,1H3,(H,19,21). The molecule has 2 heterocycles. The summed E-state index contributed by atoms with van der Waals surface area (Å²) in [5.41, 5.74) is 1.94. The van der Waals surface area contributed by atoms with Gasteiger partial charge in [-0.15, -0.1) is 0 Å². The Kier molecular flexibility index (Phi) is 4.33. The van der Waals surface area contributed by atoms with Crippen LogP contribution in [0, 0.1) is 0 Å². The quantitative estimate of drug-likeness (QED) is 0.784. The normalized spacial score (nSPS) is 10.3. The molecule has 23 heavy (non-hydrogen) atoms. The number of hydrogen-bond acceptors (Lipinski definition) is 5. The van der Waals surface area contributed by atoms with Crippen molar-refractivity contribution in [3.8, 4) is 17.1 Å². The fraction of sp³-hybridized carbons (Fsp3) is 0.118. The van der Waals surface area contributed by atoms with Crippen molar-refractivity contribution in [1.29, 1.82) is 0 Å². The lowest BCUT2D eigenvalue weighted by Crippen LogP contribution is -2.23. The molecule has 2 aromatic heterocycles. The molecule has 6 nitrogen and oxygen atoms in total. The minimum atomic E-state index is -0.299. The van der Waals surface area contributed by atoms with E-state index in [9.17, 15) is 4.79 Å². The number of nitrogens with one attached hydrogen (secondary N) is 1. The van der Waals surface area contributed by atoms with Gasteiger partial charge in [0.15, 0.2) is 11.5 Å². The van der Waals surface area contributed by atoms with Crippen LogP contribution < -0.4 is 10.1 Å². The van der Waals surface area contributed by atoms with E-state index in [0.29, 0.717) is 18.1 Å². The number of carbonyl (C=O) groups is 1. The molecular formula is C17H15N3O3. The second kappa shape index (κ2) is 6.74. The minimum absolute atomic E-state index is 0.228. The van der Waals surface area contributed by atoms with Gasteiger partial charge in [-0.25, -0.2) is 0 Å². The third-order valence-electron chi connectivity index (χ3n) is 3.27. The fourth-order valence-corrected chi connectivity index (χ4v) is 2.07. The molecule has 0 aliphatic carbocycles. The number of rotatable bonds is 5. The summed E-state index contributed by atoms with van der Waals surface area (Å²) < 4.78 is 10.4. The number of benzene rings is 1. The maximum atomic E-state index is 12.1. The molecule has 0 spiro atoms. The van der Waals surface area contributed by atoms with E-state index in [1.165, 1.54) is 0 Å². The number of carbonyl (C=O) groups excluding carboxylic acids is 1. The van der Waals surface area contributed by atoms with Gasteiger partial charge in [0, 0.05) is 30.6 Å². The molecule has 0 saturated carbocycles. The molecule has 1 aromatic carbocycles. The Bertz CT molecular complexity index is 800. The Hall–Kier alpha value is -3.15. The molecule has 3 rings (SSSR count). The van der Waals surface area contributed by atoms with Gasteiger partial charge in [-0.2, -0.15) is 0 Å². The lowest BCUT2D eigenvalue weighted by Gasteiger charge is -2.01. The third-order valence-corrected chi connectivity index (χ3v) is 3.27. The number of pyridine rings is 1. The van der Waals surface area contributed by atoms with Gasteiger partial charge in [0.25, 0.3) is 5.91 Å². The average Bonchev–Trinajstić information content (AvgIpc) is 3.11. The highest BCUT2D eigenvalue weighted by Crippen LogP contribution is 2.24. The highest BCUT2D eigenvalue weighted by Gasteiger charge is 2.13. The van der Waals surface area contributed by atoms with E-state index < -0.39 is 0 Å². The van der Waals surface area contributed by atoms with E-state index in [-0.39, 0.29) is 11.6 Å². The summed E-state index contributed by atoms with van der Waals surface area (Å²) >= 11 is 0. The number of amides is 1. The summed E-state index contributed by atoms with van der Waals surface area (Å²) in [5, 5.41) is 6.59. The Balaban J connectivity index is 1.69. The van der Waals surface area contributed by atoms with E-state index in [1.54, 1.807) is 25.6 Å². The van der Waals surface area contributed by atoms with E-state index in [1.807, 2.05) is 36.4 Å². The summed E-state index contributed by atoms with van der Waals surface area (Å²) in [4.78, 5) is 16.1. The number of aromatic nitrogens is 2. The van der Waals surface area contributed by atoms with Gasteiger partial charge in [-0.3, -0.25) is 9.78 Å².